The molecule has 0 spiro atoms. The Balaban J connectivity index is 1.78. The van der Waals surface area contributed by atoms with Crippen molar-refractivity contribution in [2.45, 2.75) is 135 Å². The van der Waals surface area contributed by atoms with Gasteiger partial charge in [-0.2, -0.15) is 0 Å². The van der Waals surface area contributed by atoms with Crippen molar-refractivity contribution < 1.29 is 14.6 Å². The predicted molar refractivity (Wildman–Crippen MR) is 125 cm³/mol. The molecule has 0 aromatic carbocycles. The van der Waals surface area contributed by atoms with Crippen molar-refractivity contribution in [2.24, 2.45) is 5.92 Å². The monoisotopic (exact) mass is 412 g/mol. The Bertz CT molecular complexity index is 321. The van der Waals surface area contributed by atoms with Crippen LogP contribution >= 0.6 is 0 Å². The molecule has 1 saturated heterocycles. The van der Waals surface area contributed by atoms with Crippen LogP contribution in [0.25, 0.3) is 0 Å². The molecule has 29 heavy (non-hydrogen) atoms. The molecule has 1 heterocycles. The van der Waals surface area contributed by atoms with Gasteiger partial charge in [0.25, 0.3) is 0 Å². The molecule has 1 N–H and O–H groups in total. The fraction of sp³-hybridized carbons (Fsp3) is 1.00. The lowest BCUT2D eigenvalue weighted by molar-refractivity contribution is 0.0153. The van der Waals surface area contributed by atoms with Gasteiger partial charge in [-0.1, -0.05) is 103 Å². The highest BCUT2D eigenvalue weighted by Crippen LogP contribution is 2.25. The molecule has 2 unspecified atom stereocenters. The number of aliphatic hydroxyl groups is 1. The Labute approximate surface area is 182 Å². The first-order valence-corrected chi connectivity index (χ1v) is 13.2. The fourth-order valence-electron chi connectivity index (χ4n) is 4.43. The van der Waals surface area contributed by atoms with Gasteiger partial charge < -0.3 is 14.6 Å². The molecule has 0 aromatic rings. The van der Waals surface area contributed by atoms with Gasteiger partial charge >= 0.3 is 0 Å². The van der Waals surface area contributed by atoms with Crippen LogP contribution in [-0.2, 0) is 9.47 Å². The van der Waals surface area contributed by atoms with Crippen LogP contribution in [0.4, 0.5) is 0 Å². The molecule has 1 aliphatic heterocycles. The maximum Gasteiger partial charge on any atom is 0.0812 e. The van der Waals surface area contributed by atoms with E-state index in [1.807, 2.05) is 0 Å². The first-order valence-electron chi connectivity index (χ1n) is 13.2. The summed E-state index contributed by atoms with van der Waals surface area (Å²) in [6.07, 6.45) is 25.7. The zero-order valence-electron chi connectivity index (χ0n) is 19.7. The molecule has 2 atom stereocenters. The van der Waals surface area contributed by atoms with E-state index in [2.05, 4.69) is 6.92 Å². The van der Waals surface area contributed by atoms with Gasteiger partial charge in [0.15, 0.2) is 0 Å². The summed E-state index contributed by atoms with van der Waals surface area (Å²) < 4.78 is 11.7. The van der Waals surface area contributed by atoms with Crippen molar-refractivity contribution in [1.29, 1.82) is 0 Å². The summed E-state index contributed by atoms with van der Waals surface area (Å²) in [5, 5.41) is 8.76. The zero-order valence-corrected chi connectivity index (χ0v) is 19.7. The topological polar surface area (TPSA) is 38.7 Å². The van der Waals surface area contributed by atoms with Gasteiger partial charge in [-0.05, 0) is 31.6 Å². The Morgan fingerprint density at radius 2 is 1.28 bits per heavy atom. The molecule has 0 amide bonds. The Morgan fingerprint density at radius 3 is 1.90 bits per heavy atom. The third-order valence-corrected chi connectivity index (χ3v) is 6.38. The van der Waals surface area contributed by atoms with Crippen LogP contribution in [0.2, 0.25) is 0 Å². The summed E-state index contributed by atoms with van der Waals surface area (Å²) in [6, 6.07) is 0. The van der Waals surface area contributed by atoms with Crippen LogP contribution in [0.5, 0.6) is 0 Å². The number of ether oxygens (including phenoxy) is 2. The Kier molecular flexibility index (Phi) is 19.6. The molecule has 0 bridgehead atoms. The molecule has 174 valence electrons. The van der Waals surface area contributed by atoms with E-state index in [9.17, 15) is 0 Å². The van der Waals surface area contributed by atoms with E-state index in [0.717, 1.165) is 45.0 Å². The summed E-state index contributed by atoms with van der Waals surface area (Å²) >= 11 is 0. The van der Waals surface area contributed by atoms with Crippen LogP contribution < -0.4 is 0 Å². The number of aliphatic hydroxyl groups excluding tert-OH is 1. The highest BCUT2D eigenvalue weighted by molar-refractivity contribution is 4.73. The highest BCUT2D eigenvalue weighted by Gasteiger charge is 2.24. The average molecular weight is 413 g/mol. The fourth-order valence-corrected chi connectivity index (χ4v) is 4.43. The van der Waals surface area contributed by atoms with E-state index in [1.165, 1.54) is 103 Å². The second-order valence-corrected chi connectivity index (χ2v) is 9.30. The second kappa shape index (κ2) is 21.1. The molecule has 3 nitrogen and oxygen atoms in total. The van der Waals surface area contributed by atoms with Crippen molar-refractivity contribution in [3.63, 3.8) is 0 Å². The van der Waals surface area contributed by atoms with Gasteiger partial charge in [0.1, 0.15) is 0 Å². The zero-order chi connectivity index (χ0) is 20.8. The van der Waals surface area contributed by atoms with Crippen molar-refractivity contribution >= 4 is 0 Å². The SMILES string of the molecule is CCCCCCCCCCCCCCC1COC(COCCCCCCCO)C1. The Hall–Kier alpha value is -0.120. The van der Waals surface area contributed by atoms with Crippen molar-refractivity contribution in [3.8, 4) is 0 Å². The van der Waals surface area contributed by atoms with E-state index < -0.39 is 0 Å². The third kappa shape index (κ3) is 17.3. The maximum absolute atomic E-state index is 8.76. The number of hydrogen-bond acceptors (Lipinski definition) is 3. The number of unbranched alkanes of at least 4 members (excludes halogenated alkanes) is 15. The minimum Gasteiger partial charge on any atom is -0.396 e. The van der Waals surface area contributed by atoms with Gasteiger partial charge in [-0.25, -0.2) is 0 Å². The third-order valence-electron chi connectivity index (χ3n) is 6.38. The minimum atomic E-state index is 0.329. The number of rotatable bonds is 22. The normalized spacial score (nSPS) is 19.2. The van der Waals surface area contributed by atoms with Crippen molar-refractivity contribution in [2.75, 3.05) is 26.4 Å². The van der Waals surface area contributed by atoms with Crippen LogP contribution in [-0.4, -0.2) is 37.6 Å². The van der Waals surface area contributed by atoms with E-state index >= 15 is 0 Å². The second-order valence-electron chi connectivity index (χ2n) is 9.30. The van der Waals surface area contributed by atoms with Gasteiger partial charge in [-0.15, -0.1) is 0 Å². The maximum atomic E-state index is 8.76. The average Bonchev–Trinajstić information content (AvgIpc) is 3.18. The molecule has 0 aromatic heterocycles. The molecule has 3 heteroatoms. The largest absolute Gasteiger partial charge is 0.396 e. The summed E-state index contributed by atoms with van der Waals surface area (Å²) in [5.41, 5.74) is 0. The van der Waals surface area contributed by atoms with E-state index in [1.54, 1.807) is 0 Å². The van der Waals surface area contributed by atoms with E-state index in [0.29, 0.717) is 12.7 Å². The molecule has 1 rings (SSSR count). The van der Waals surface area contributed by atoms with Gasteiger partial charge in [0.2, 0.25) is 0 Å². The lowest BCUT2D eigenvalue weighted by Gasteiger charge is -2.10. The standard InChI is InChI=1S/C26H52O3/c1-2-3-4-5-6-7-8-9-10-11-13-16-19-25-22-26(29-23-25)24-28-21-18-15-12-14-17-20-27/h25-27H,2-24H2,1H3. The molecule has 1 aliphatic rings. The quantitative estimate of drug-likeness (QED) is 0.188. The predicted octanol–water partition coefficient (Wildman–Crippen LogP) is 7.44. The van der Waals surface area contributed by atoms with Crippen molar-refractivity contribution in [1.82, 2.24) is 0 Å². The molecule has 0 saturated carbocycles. The molecular formula is C26H52O3. The lowest BCUT2D eigenvalue weighted by atomic mass is 9.97. The van der Waals surface area contributed by atoms with E-state index in [4.69, 9.17) is 14.6 Å². The van der Waals surface area contributed by atoms with Crippen molar-refractivity contribution in [3.05, 3.63) is 0 Å². The van der Waals surface area contributed by atoms with Gasteiger partial charge in [0, 0.05) is 19.8 Å². The first kappa shape index (κ1) is 26.9. The van der Waals surface area contributed by atoms with Gasteiger partial charge in [0.05, 0.1) is 12.7 Å². The molecular weight excluding hydrogens is 360 g/mol. The highest BCUT2D eigenvalue weighted by atomic mass is 16.5. The minimum absolute atomic E-state index is 0.329. The van der Waals surface area contributed by atoms with Crippen LogP contribution in [0.1, 0.15) is 129 Å². The lowest BCUT2D eigenvalue weighted by Crippen LogP contribution is -2.14. The van der Waals surface area contributed by atoms with Crippen LogP contribution in [0.15, 0.2) is 0 Å². The molecule has 0 radical (unpaired) electrons. The summed E-state index contributed by atoms with van der Waals surface area (Å²) in [7, 11) is 0. The van der Waals surface area contributed by atoms with E-state index in [-0.39, 0.29) is 0 Å². The molecule has 0 aliphatic carbocycles. The summed E-state index contributed by atoms with van der Waals surface area (Å²) in [5.74, 6) is 0.769. The van der Waals surface area contributed by atoms with Crippen LogP contribution in [0.3, 0.4) is 0 Å². The van der Waals surface area contributed by atoms with Gasteiger partial charge in [-0.3, -0.25) is 0 Å². The molecule has 1 fully saturated rings. The summed E-state index contributed by atoms with van der Waals surface area (Å²) in [4.78, 5) is 0. The van der Waals surface area contributed by atoms with Crippen LogP contribution in [0, 0.1) is 5.92 Å². The Morgan fingerprint density at radius 1 is 0.724 bits per heavy atom. The number of hydrogen-bond donors (Lipinski definition) is 1. The first-order chi connectivity index (χ1) is 14.4. The summed E-state index contributed by atoms with van der Waals surface area (Å²) in [6.45, 7) is 5.22. The smallest absolute Gasteiger partial charge is 0.0812 e.